The van der Waals surface area contributed by atoms with Crippen molar-refractivity contribution in [2.24, 2.45) is 11.8 Å². The van der Waals surface area contributed by atoms with E-state index in [-0.39, 0.29) is 17.7 Å². The number of hydrogen-bond donors (Lipinski definition) is 2. The van der Waals surface area contributed by atoms with Crippen molar-refractivity contribution in [1.82, 2.24) is 10.6 Å². The first kappa shape index (κ1) is 11.0. The topological polar surface area (TPSA) is 64.9 Å². The number of carbonyl (C=O) groups is 1. The zero-order valence-electron chi connectivity index (χ0n) is 8.55. The molecule has 1 rings (SSSR count). The minimum absolute atomic E-state index is 0.0966. The lowest BCUT2D eigenvalue weighted by molar-refractivity contribution is -0.125. The molecule has 0 bridgehead atoms. The van der Waals surface area contributed by atoms with Crippen LogP contribution < -0.4 is 10.6 Å². The highest BCUT2D eigenvalue weighted by Gasteiger charge is 2.20. The zero-order valence-corrected chi connectivity index (χ0v) is 8.55. The molecule has 0 aliphatic carbocycles. The molecule has 1 unspecified atom stereocenters. The van der Waals surface area contributed by atoms with Crippen LogP contribution in [0.1, 0.15) is 19.8 Å². The Morgan fingerprint density at radius 1 is 1.64 bits per heavy atom. The molecule has 1 fully saturated rings. The van der Waals surface area contributed by atoms with Gasteiger partial charge < -0.3 is 10.6 Å². The Labute approximate surface area is 84.7 Å². The third-order valence-electron chi connectivity index (χ3n) is 2.51. The number of rotatable bonds is 3. The van der Waals surface area contributed by atoms with Crippen LogP contribution in [-0.4, -0.2) is 25.5 Å². The van der Waals surface area contributed by atoms with Gasteiger partial charge in [0.15, 0.2) is 0 Å². The Bertz CT molecular complexity index is 228. The summed E-state index contributed by atoms with van der Waals surface area (Å²) in [6, 6.07) is 2.10. The van der Waals surface area contributed by atoms with E-state index in [2.05, 4.69) is 16.7 Å². The van der Waals surface area contributed by atoms with Crippen LogP contribution in [0, 0.1) is 23.2 Å². The maximum absolute atomic E-state index is 11.6. The first-order valence-corrected chi connectivity index (χ1v) is 5.12. The third kappa shape index (κ3) is 3.35. The highest BCUT2D eigenvalue weighted by atomic mass is 16.1. The molecule has 1 heterocycles. The van der Waals surface area contributed by atoms with Gasteiger partial charge in [-0.1, -0.05) is 0 Å². The van der Waals surface area contributed by atoms with Gasteiger partial charge in [0.2, 0.25) is 5.91 Å². The fourth-order valence-corrected chi connectivity index (χ4v) is 1.53. The molecular formula is C10H17N3O. The molecule has 0 radical (unpaired) electrons. The minimum Gasteiger partial charge on any atom is -0.355 e. The molecule has 0 aromatic carbocycles. The van der Waals surface area contributed by atoms with Crippen LogP contribution in [0.4, 0.5) is 0 Å². The lowest BCUT2D eigenvalue weighted by Gasteiger charge is -2.21. The van der Waals surface area contributed by atoms with Crippen LogP contribution in [0.25, 0.3) is 0 Å². The van der Waals surface area contributed by atoms with Crippen LogP contribution in [-0.2, 0) is 4.79 Å². The Balaban J connectivity index is 2.24. The van der Waals surface area contributed by atoms with E-state index in [9.17, 15) is 4.79 Å². The molecule has 4 nitrogen and oxygen atoms in total. The molecule has 0 aromatic rings. The molecular weight excluding hydrogens is 178 g/mol. The lowest BCUT2D eigenvalue weighted by Crippen LogP contribution is -2.39. The average molecular weight is 195 g/mol. The fourth-order valence-electron chi connectivity index (χ4n) is 1.53. The van der Waals surface area contributed by atoms with E-state index in [1.165, 1.54) is 0 Å². The van der Waals surface area contributed by atoms with Gasteiger partial charge >= 0.3 is 0 Å². The molecule has 0 spiro atoms. The number of piperidine rings is 1. The normalized spacial score (nSPS) is 19.7. The van der Waals surface area contributed by atoms with Gasteiger partial charge in [0.25, 0.3) is 0 Å². The maximum Gasteiger partial charge on any atom is 0.223 e. The first-order chi connectivity index (χ1) is 6.74. The lowest BCUT2D eigenvalue weighted by atomic mass is 9.97. The number of hydrogen-bond acceptors (Lipinski definition) is 3. The molecule has 1 atom stereocenters. The van der Waals surface area contributed by atoms with Crippen molar-refractivity contribution in [3.8, 4) is 6.07 Å². The van der Waals surface area contributed by atoms with E-state index >= 15 is 0 Å². The predicted molar refractivity (Wildman–Crippen MR) is 53.4 cm³/mol. The summed E-state index contributed by atoms with van der Waals surface area (Å²) in [5, 5.41) is 14.6. The van der Waals surface area contributed by atoms with Crippen molar-refractivity contribution >= 4 is 5.91 Å². The molecule has 78 valence electrons. The molecule has 0 saturated carbocycles. The smallest absolute Gasteiger partial charge is 0.223 e. The van der Waals surface area contributed by atoms with Gasteiger partial charge in [-0.2, -0.15) is 5.26 Å². The maximum atomic E-state index is 11.6. The van der Waals surface area contributed by atoms with Crippen molar-refractivity contribution < 1.29 is 4.79 Å². The van der Waals surface area contributed by atoms with E-state index in [0.29, 0.717) is 6.54 Å². The number of nitriles is 1. The van der Waals surface area contributed by atoms with Crippen molar-refractivity contribution in [2.75, 3.05) is 19.6 Å². The number of nitrogens with one attached hydrogen (secondary N) is 2. The summed E-state index contributed by atoms with van der Waals surface area (Å²) in [5.41, 5.74) is 0. The van der Waals surface area contributed by atoms with Crippen LogP contribution in [0.3, 0.4) is 0 Å². The van der Waals surface area contributed by atoms with E-state index in [1.807, 2.05) is 6.92 Å². The van der Waals surface area contributed by atoms with E-state index in [0.717, 1.165) is 25.9 Å². The summed E-state index contributed by atoms with van der Waals surface area (Å²) in [4.78, 5) is 11.6. The van der Waals surface area contributed by atoms with Crippen molar-refractivity contribution in [3.05, 3.63) is 0 Å². The highest BCUT2D eigenvalue weighted by Crippen LogP contribution is 2.11. The number of amides is 1. The first-order valence-electron chi connectivity index (χ1n) is 5.12. The highest BCUT2D eigenvalue weighted by molar-refractivity contribution is 5.78. The van der Waals surface area contributed by atoms with Gasteiger partial charge in [-0.05, 0) is 32.9 Å². The third-order valence-corrected chi connectivity index (χ3v) is 2.51. The van der Waals surface area contributed by atoms with Crippen molar-refractivity contribution in [3.63, 3.8) is 0 Å². The standard InChI is InChI=1S/C10H17N3O/c1-8(6-11)7-13-10(14)9-2-4-12-5-3-9/h8-9,12H,2-5,7H2,1H3,(H,13,14). The Hall–Kier alpha value is -1.08. The summed E-state index contributed by atoms with van der Waals surface area (Å²) in [5.74, 6) is 0.149. The summed E-state index contributed by atoms with van der Waals surface area (Å²) >= 11 is 0. The summed E-state index contributed by atoms with van der Waals surface area (Å²) < 4.78 is 0. The van der Waals surface area contributed by atoms with Crippen LogP contribution in [0.5, 0.6) is 0 Å². The SMILES string of the molecule is CC(C#N)CNC(=O)C1CCNCC1. The van der Waals surface area contributed by atoms with E-state index in [1.54, 1.807) is 0 Å². The Kier molecular flexibility index (Phi) is 4.41. The minimum atomic E-state index is -0.0966. The van der Waals surface area contributed by atoms with Crippen LogP contribution in [0.15, 0.2) is 0 Å². The van der Waals surface area contributed by atoms with E-state index < -0.39 is 0 Å². The number of carbonyl (C=O) groups excluding carboxylic acids is 1. The molecule has 2 N–H and O–H groups in total. The van der Waals surface area contributed by atoms with Gasteiger partial charge in [0, 0.05) is 12.5 Å². The van der Waals surface area contributed by atoms with Crippen molar-refractivity contribution in [1.29, 1.82) is 5.26 Å². The van der Waals surface area contributed by atoms with Crippen LogP contribution in [0.2, 0.25) is 0 Å². The monoisotopic (exact) mass is 195 g/mol. The molecule has 1 aliphatic heterocycles. The van der Waals surface area contributed by atoms with Crippen molar-refractivity contribution in [2.45, 2.75) is 19.8 Å². The largest absolute Gasteiger partial charge is 0.355 e. The average Bonchev–Trinajstić information content (AvgIpc) is 2.26. The van der Waals surface area contributed by atoms with Gasteiger partial charge in [0.05, 0.1) is 12.0 Å². The molecule has 1 saturated heterocycles. The summed E-state index contributed by atoms with van der Waals surface area (Å²) in [6.45, 7) is 4.12. The Morgan fingerprint density at radius 3 is 2.86 bits per heavy atom. The zero-order chi connectivity index (χ0) is 10.4. The molecule has 0 aromatic heterocycles. The molecule has 14 heavy (non-hydrogen) atoms. The van der Waals surface area contributed by atoms with Gasteiger partial charge in [-0.15, -0.1) is 0 Å². The van der Waals surface area contributed by atoms with E-state index in [4.69, 9.17) is 5.26 Å². The molecule has 1 amide bonds. The second-order valence-electron chi connectivity index (χ2n) is 3.80. The second-order valence-corrected chi connectivity index (χ2v) is 3.80. The number of nitrogens with zero attached hydrogens (tertiary/aromatic N) is 1. The van der Waals surface area contributed by atoms with Crippen LogP contribution >= 0.6 is 0 Å². The fraction of sp³-hybridized carbons (Fsp3) is 0.800. The molecule has 4 heteroatoms. The Morgan fingerprint density at radius 2 is 2.29 bits per heavy atom. The summed E-state index contributed by atoms with van der Waals surface area (Å²) in [6.07, 6.45) is 1.82. The predicted octanol–water partition coefficient (Wildman–Crippen LogP) is 0.262. The van der Waals surface area contributed by atoms with Gasteiger partial charge in [-0.25, -0.2) is 0 Å². The molecule has 1 aliphatic rings. The summed E-state index contributed by atoms with van der Waals surface area (Å²) in [7, 11) is 0. The van der Waals surface area contributed by atoms with Gasteiger partial charge in [-0.3, -0.25) is 4.79 Å². The second kappa shape index (κ2) is 5.61. The van der Waals surface area contributed by atoms with Gasteiger partial charge in [0.1, 0.15) is 0 Å². The quantitative estimate of drug-likeness (QED) is 0.679.